The molecule has 2 saturated carbocycles. The van der Waals surface area contributed by atoms with Crippen molar-refractivity contribution in [3.05, 3.63) is 0 Å². The van der Waals surface area contributed by atoms with Crippen LogP contribution in [-0.2, 0) is 0 Å². The summed E-state index contributed by atoms with van der Waals surface area (Å²) in [6, 6.07) is 0. The Balaban J connectivity index is 1.89. The van der Waals surface area contributed by atoms with Crippen LogP contribution in [0.4, 0.5) is 0 Å². The van der Waals surface area contributed by atoms with E-state index < -0.39 is 0 Å². The molecule has 0 saturated heterocycles. The van der Waals surface area contributed by atoms with Crippen molar-refractivity contribution >= 4 is 0 Å². The zero-order valence-electron chi connectivity index (χ0n) is 11.0. The molecule has 0 heterocycles. The first-order valence-corrected chi connectivity index (χ1v) is 7.40. The normalized spacial score (nSPS) is 38.8. The van der Waals surface area contributed by atoms with Crippen LogP contribution >= 0.6 is 0 Å². The second kappa shape index (κ2) is 5.53. The fraction of sp³-hybridized carbons (Fsp3) is 1.00. The van der Waals surface area contributed by atoms with E-state index in [-0.39, 0.29) is 6.10 Å². The molecule has 0 aromatic heterocycles. The molecule has 0 amide bonds. The number of rotatable bonds is 3. The second-order valence-electron chi connectivity index (χ2n) is 6.25. The van der Waals surface area contributed by atoms with Crippen molar-refractivity contribution in [2.45, 2.75) is 71.3 Å². The van der Waals surface area contributed by atoms with Crippen molar-refractivity contribution < 1.29 is 5.11 Å². The third kappa shape index (κ3) is 2.61. The van der Waals surface area contributed by atoms with Crippen LogP contribution in [0.25, 0.3) is 0 Å². The summed E-state index contributed by atoms with van der Waals surface area (Å²) in [5.74, 6) is 3.06. The molecule has 5 unspecified atom stereocenters. The van der Waals surface area contributed by atoms with Gasteiger partial charge in [-0.05, 0) is 42.9 Å². The number of aliphatic hydroxyl groups is 1. The Morgan fingerprint density at radius 3 is 2.44 bits per heavy atom. The van der Waals surface area contributed by atoms with Crippen molar-refractivity contribution in [2.75, 3.05) is 0 Å². The fourth-order valence-corrected chi connectivity index (χ4v) is 3.93. The minimum absolute atomic E-state index is 0.0344. The average molecular weight is 224 g/mol. The maximum absolute atomic E-state index is 10.3. The molecule has 0 aliphatic heterocycles. The molecule has 2 aliphatic rings. The van der Waals surface area contributed by atoms with Crippen LogP contribution in [0.5, 0.6) is 0 Å². The number of hydrogen-bond donors (Lipinski definition) is 1. The summed E-state index contributed by atoms with van der Waals surface area (Å²) in [7, 11) is 0. The first-order valence-electron chi connectivity index (χ1n) is 7.40. The molecule has 1 heteroatoms. The van der Waals surface area contributed by atoms with Crippen molar-refractivity contribution in [3.63, 3.8) is 0 Å². The van der Waals surface area contributed by atoms with E-state index >= 15 is 0 Å². The molecule has 16 heavy (non-hydrogen) atoms. The number of fused-ring (bicyclic) bond motifs is 1. The van der Waals surface area contributed by atoms with Crippen molar-refractivity contribution in [2.24, 2.45) is 23.7 Å². The SMILES string of the molecule is CCC(C)C(O)C1CCC2CCCCC2C1. The summed E-state index contributed by atoms with van der Waals surface area (Å²) in [5.41, 5.74) is 0. The Morgan fingerprint density at radius 2 is 1.75 bits per heavy atom. The van der Waals surface area contributed by atoms with Gasteiger partial charge in [0.25, 0.3) is 0 Å². The molecule has 5 atom stereocenters. The first kappa shape index (κ1) is 12.4. The molecule has 2 fully saturated rings. The van der Waals surface area contributed by atoms with Gasteiger partial charge in [-0.25, -0.2) is 0 Å². The molecule has 2 aliphatic carbocycles. The first-order chi connectivity index (χ1) is 7.72. The van der Waals surface area contributed by atoms with Gasteiger partial charge in [0.1, 0.15) is 0 Å². The Kier molecular flexibility index (Phi) is 4.29. The van der Waals surface area contributed by atoms with Gasteiger partial charge in [0, 0.05) is 0 Å². The predicted molar refractivity (Wildman–Crippen MR) is 68.3 cm³/mol. The molecule has 0 bridgehead atoms. The summed E-state index contributed by atoms with van der Waals surface area (Å²) < 4.78 is 0. The Labute approximate surface area is 101 Å². The van der Waals surface area contributed by atoms with Crippen LogP contribution in [-0.4, -0.2) is 11.2 Å². The topological polar surface area (TPSA) is 20.2 Å². The summed E-state index contributed by atoms with van der Waals surface area (Å²) >= 11 is 0. The van der Waals surface area contributed by atoms with Crippen molar-refractivity contribution in [1.29, 1.82) is 0 Å². The van der Waals surface area contributed by atoms with E-state index in [1.807, 2.05) is 0 Å². The van der Waals surface area contributed by atoms with Crippen LogP contribution < -0.4 is 0 Å². The quantitative estimate of drug-likeness (QED) is 0.768. The summed E-state index contributed by atoms with van der Waals surface area (Å²) in [6.07, 6.45) is 10.9. The van der Waals surface area contributed by atoms with E-state index in [1.54, 1.807) is 0 Å². The van der Waals surface area contributed by atoms with Crippen LogP contribution in [0.15, 0.2) is 0 Å². The van der Waals surface area contributed by atoms with E-state index in [2.05, 4.69) is 13.8 Å². The third-order valence-corrected chi connectivity index (χ3v) is 5.29. The lowest BCUT2D eigenvalue weighted by Crippen LogP contribution is -2.35. The monoisotopic (exact) mass is 224 g/mol. The van der Waals surface area contributed by atoms with Gasteiger partial charge < -0.3 is 5.11 Å². The highest BCUT2D eigenvalue weighted by Gasteiger charge is 2.35. The van der Waals surface area contributed by atoms with Gasteiger partial charge in [0.2, 0.25) is 0 Å². The zero-order valence-corrected chi connectivity index (χ0v) is 11.0. The number of hydrogen-bond acceptors (Lipinski definition) is 1. The van der Waals surface area contributed by atoms with Crippen molar-refractivity contribution in [1.82, 2.24) is 0 Å². The van der Waals surface area contributed by atoms with Gasteiger partial charge in [0.15, 0.2) is 0 Å². The fourth-order valence-electron chi connectivity index (χ4n) is 3.93. The minimum atomic E-state index is -0.0344. The highest BCUT2D eigenvalue weighted by molar-refractivity contribution is 4.86. The van der Waals surface area contributed by atoms with E-state index in [0.29, 0.717) is 11.8 Å². The van der Waals surface area contributed by atoms with Crippen LogP contribution in [0.1, 0.15) is 65.2 Å². The maximum Gasteiger partial charge on any atom is 0.0593 e. The minimum Gasteiger partial charge on any atom is -0.393 e. The molecule has 0 spiro atoms. The maximum atomic E-state index is 10.3. The largest absolute Gasteiger partial charge is 0.393 e. The molecule has 94 valence electrons. The van der Waals surface area contributed by atoms with Gasteiger partial charge in [-0.2, -0.15) is 0 Å². The van der Waals surface area contributed by atoms with Crippen LogP contribution in [0.2, 0.25) is 0 Å². The molecule has 0 aromatic carbocycles. The summed E-state index contributed by atoms with van der Waals surface area (Å²) in [5, 5.41) is 10.3. The van der Waals surface area contributed by atoms with E-state index in [4.69, 9.17) is 0 Å². The van der Waals surface area contributed by atoms with E-state index in [1.165, 1.54) is 44.9 Å². The Bertz CT molecular complexity index is 213. The Morgan fingerprint density at radius 1 is 1.06 bits per heavy atom. The Hall–Kier alpha value is -0.0400. The average Bonchev–Trinajstić information content (AvgIpc) is 2.36. The highest BCUT2D eigenvalue weighted by Crippen LogP contribution is 2.44. The van der Waals surface area contributed by atoms with Crippen LogP contribution in [0, 0.1) is 23.7 Å². The smallest absolute Gasteiger partial charge is 0.0593 e. The van der Waals surface area contributed by atoms with Gasteiger partial charge in [-0.15, -0.1) is 0 Å². The van der Waals surface area contributed by atoms with Gasteiger partial charge in [0.05, 0.1) is 6.10 Å². The molecule has 0 radical (unpaired) electrons. The summed E-state index contributed by atoms with van der Waals surface area (Å²) in [6.45, 7) is 4.40. The zero-order chi connectivity index (χ0) is 11.5. The second-order valence-corrected chi connectivity index (χ2v) is 6.25. The van der Waals surface area contributed by atoms with Gasteiger partial charge in [-0.3, -0.25) is 0 Å². The lowest BCUT2D eigenvalue weighted by molar-refractivity contribution is 0.00465. The van der Waals surface area contributed by atoms with Gasteiger partial charge >= 0.3 is 0 Å². The summed E-state index contributed by atoms with van der Waals surface area (Å²) in [4.78, 5) is 0. The molecular weight excluding hydrogens is 196 g/mol. The standard InChI is InChI=1S/C15H28O/c1-3-11(2)15(16)14-9-8-12-6-4-5-7-13(12)10-14/h11-16H,3-10H2,1-2H3. The van der Waals surface area contributed by atoms with E-state index in [9.17, 15) is 5.11 Å². The van der Waals surface area contributed by atoms with Gasteiger partial charge in [-0.1, -0.05) is 46.0 Å². The van der Waals surface area contributed by atoms with E-state index in [0.717, 1.165) is 18.3 Å². The molecule has 1 N–H and O–H groups in total. The third-order valence-electron chi connectivity index (χ3n) is 5.29. The van der Waals surface area contributed by atoms with Crippen molar-refractivity contribution in [3.8, 4) is 0 Å². The lowest BCUT2D eigenvalue weighted by atomic mass is 9.65. The highest BCUT2D eigenvalue weighted by atomic mass is 16.3. The number of aliphatic hydroxyl groups excluding tert-OH is 1. The predicted octanol–water partition coefficient (Wildman–Crippen LogP) is 4.00. The molecular formula is C15H28O. The van der Waals surface area contributed by atoms with Crippen LogP contribution in [0.3, 0.4) is 0 Å². The molecule has 1 nitrogen and oxygen atoms in total. The molecule has 2 rings (SSSR count). The lowest BCUT2D eigenvalue weighted by Gasteiger charge is -2.41. The molecule has 0 aromatic rings.